The van der Waals surface area contributed by atoms with Gasteiger partial charge < -0.3 is 19.4 Å². The lowest BCUT2D eigenvalue weighted by Gasteiger charge is -2.18. The van der Waals surface area contributed by atoms with Crippen LogP contribution in [0.5, 0.6) is 17.2 Å². The van der Waals surface area contributed by atoms with Crippen molar-refractivity contribution in [3.05, 3.63) is 112 Å². The van der Waals surface area contributed by atoms with Crippen molar-refractivity contribution in [2.75, 3.05) is 0 Å². The maximum atomic E-state index is 12.9. The summed E-state index contributed by atoms with van der Waals surface area (Å²) in [6, 6.07) is 24.0. The van der Waals surface area contributed by atoms with Crippen LogP contribution in [-0.2, 0) is 5.41 Å². The third kappa shape index (κ3) is 3.99. The number of hydrogen-bond acceptors (Lipinski definition) is 5. The number of aromatic nitrogens is 4. The molecule has 4 heterocycles. The zero-order valence-electron chi connectivity index (χ0n) is 23.9. The molecule has 6 aromatic rings. The van der Waals surface area contributed by atoms with Gasteiger partial charge in [-0.15, -0.1) is 0 Å². The molecule has 0 bridgehead atoms. The number of nitrogens with one attached hydrogen (secondary N) is 2. The summed E-state index contributed by atoms with van der Waals surface area (Å²) >= 11 is 0. The highest BCUT2D eigenvalue weighted by Crippen LogP contribution is 2.63. The molecular formula is C35H30N4O3. The maximum Gasteiger partial charge on any atom is 0.257 e. The minimum Gasteiger partial charge on any atom is -0.489 e. The molecule has 3 aromatic carbocycles. The number of benzene rings is 3. The lowest BCUT2D eigenvalue weighted by Crippen LogP contribution is -2.10. The number of fused-ring (bicyclic) bond motifs is 5. The first-order valence-corrected chi connectivity index (χ1v) is 14.3. The fourth-order valence-corrected chi connectivity index (χ4v) is 6.13. The Bertz CT molecular complexity index is 2090. The summed E-state index contributed by atoms with van der Waals surface area (Å²) < 4.78 is 12.7. The summed E-state index contributed by atoms with van der Waals surface area (Å²) in [6.45, 7) is 8.69. The Morgan fingerprint density at radius 3 is 2.55 bits per heavy atom. The van der Waals surface area contributed by atoms with Crippen LogP contribution in [0.25, 0.3) is 33.2 Å². The quantitative estimate of drug-likeness (QED) is 0.235. The van der Waals surface area contributed by atoms with Crippen molar-refractivity contribution in [3.63, 3.8) is 0 Å². The van der Waals surface area contributed by atoms with Crippen LogP contribution in [0.4, 0.5) is 0 Å². The van der Waals surface area contributed by atoms with E-state index in [1.165, 1.54) is 5.56 Å². The molecule has 0 radical (unpaired) electrons. The predicted octanol–water partition coefficient (Wildman–Crippen LogP) is 7.51. The first kappa shape index (κ1) is 24.9. The highest BCUT2D eigenvalue weighted by molar-refractivity contribution is 5.86. The Morgan fingerprint density at radius 2 is 1.74 bits per heavy atom. The van der Waals surface area contributed by atoms with Crippen LogP contribution in [0.2, 0.25) is 0 Å². The van der Waals surface area contributed by atoms with Gasteiger partial charge in [-0.05, 0) is 65.9 Å². The molecule has 0 spiro atoms. The Morgan fingerprint density at radius 1 is 0.905 bits per heavy atom. The Kier molecular flexibility index (Phi) is 5.20. The van der Waals surface area contributed by atoms with Crippen LogP contribution in [0.15, 0.2) is 83.8 Å². The van der Waals surface area contributed by atoms with E-state index >= 15 is 0 Å². The Labute approximate surface area is 242 Å². The first-order chi connectivity index (χ1) is 20.2. The second-order valence-corrected chi connectivity index (χ2v) is 12.5. The smallest absolute Gasteiger partial charge is 0.257 e. The van der Waals surface area contributed by atoms with Crippen LogP contribution in [0, 0.1) is 6.92 Å². The molecule has 1 aliphatic carbocycles. The van der Waals surface area contributed by atoms with E-state index < -0.39 is 0 Å². The van der Waals surface area contributed by atoms with Gasteiger partial charge in [0.05, 0.1) is 22.3 Å². The van der Waals surface area contributed by atoms with Gasteiger partial charge in [-0.1, -0.05) is 56.7 Å². The van der Waals surface area contributed by atoms with Crippen molar-refractivity contribution in [2.45, 2.75) is 51.0 Å². The van der Waals surface area contributed by atoms with E-state index in [2.05, 4.69) is 60.0 Å². The standard InChI is InChI=1S/C35H30N4O3/c1-18-5-7-19(8-6-18)22-17-24-28(13-14-36-32(24)39-34(22)40)41-21-10-12-27-23(16-21)29-30(31(29)42-27)33-37-25-11-9-20(35(2,3)4)15-26(25)38-33/h5-17,29-31H,1-4H3,(H,37,38)(H,36,39,40)/t29-,30-,31-/m1/s1. The van der Waals surface area contributed by atoms with Crippen molar-refractivity contribution < 1.29 is 9.47 Å². The van der Waals surface area contributed by atoms with Gasteiger partial charge >= 0.3 is 0 Å². The number of H-pyrrole nitrogens is 2. The fourth-order valence-electron chi connectivity index (χ4n) is 6.13. The topological polar surface area (TPSA) is 92.9 Å². The van der Waals surface area contributed by atoms with E-state index in [1.54, 1.807) is 6.20 Å². The van der Waals surface area contributed by atoms with Crippen molar-refractivity contribution in [1.82, 2.24) is 19.9 Å². The average Bonchev–Trinajstić information content (AvgIpc) is 3.30. The molecule has 8 rings (SSSR count). The molecule has 0 unspecified atom stereocenters. The summed E-state index contributed by atoms with van der Waals surface area (Å²) in [7, 11) is 0. The maximum absolute atomic E-state index is 12.9. The molecule has 3 aromatic heterocycles. The van der Waals surface area contributed by atoms with Gasteiger partial charge in [0.1, 0.15) is 34.8 Å². The minimum atomic E-state index is -0.184. The average molecular weight is 555 g/mol. The van der Waals surface area contributed by atoms with Gasteiger partial charge in [0, 0.05) is 23.2 Å². The fraction of sp³-hybridized carbons (Fsp3) is 0.229. The number of ether oxygens (including phenoxy) is 2. The number of rotatable bonds is 4. The number of aryl methyl sites for hydroxylation is 1. The van der Waals surface area contributed by atoms with Gasteiger partial charge in [0.2, 0.25) is 0 Å². The van der Waals surface area contributed by atoms with E-state index in [9.17, 15) is 4.79 Å². The van der Waals surface area contributed by atoms with Gasteiger partial charge in [0.15, 0.2) is 0 Å². The number of nitrogens with zero attached hydrogens (tertiary/aromatic N) is 2. The molecule has 1 aliphatic heterocycles. The summed E-state index contributed by atoms with van der Waals surface area (Å²) in [6.07, 6.45) is 1.72. The van der Waals surface area contributed by atoms with Gasteiger partial charge in [-0.25, -0.2) is 9.97 Å². The zero-order chi connectivity index (χ0) is 28.7. The molecule has 7 heteroatoms. The van der Waals surface area contributed by atoms with Crippen LogP contribution in [-0.4, -0.2) is 26.0 Å². The van der Waals surface area contributed by atoms with E-state index in [0.717, 1.165) is 44.7 Å². The molecule has 2 aliphatic rings. The monoisotopic (exact) mass is 554 g/mol. The molecular weight excluding hydrogens is 524 g/mol. The largest absolute Gasteiger partial charge is 0.489 e. The minimum absolute atomic E-state index is 0.0711. The summed E-state index contributed by atoms with van der Waals surface area (Å²) in [5, 5.41) is 0.739. The molecule has 2 N–H and O–H groups in total. The third-order valence-electron chi connectivity index (χ3n) is 8.55. The highest BCUT2D eigenvalue weighted by atomic mass is 16.5. The van der Waals surface area contributed by atoms with Gasteiger partial charge in [0.25, 0.3) is 5.56 Å². The predicted molar refractivity (Wildman–Crippen MR) is 164 cm³/mol. The number of pyridine rings is 2. The van der Waals surface area contributed by atoms with Crippen LogP contribution in [0.1, 0.15) is 55.1 Å². The molecule has 0 saturated heterocycles. The normalized spacial score (nSPS) is 19.0. The Hall–Kier alpha value is -4.91. The molecule has 1 saturated carbocycles. The van der Waals surface area contributed by atoms with E-state index in [0.29, 0.717) is 22.7 Å². The van der Waals surface area contributed by atoms with E-state index in [-0.39, 0.29) is 28.9 Å². The molecule has 7 nitrogen and oxygen atoms in total. The molecule has 208 valence electrons. The van der Waals surface area contributed by atoms with Crippen molar-refractivity contribution >= 4 is 22.1 Å². The van der Waals surface area contributed by atoms with Gasteiger partial charge in [-0.3, -0.25) is 4.79 Å². The first-order valence-electron chi connectivity index (χ1n) is 14.3. The van der Waals surface area contributed by atoms with Crippen LogP contribution < -0.4 is 15.0 Å². The van der Waals surface area contributed by atoms with E-state index in [1.807, 2.05) is 55.5 Å². The molecule has 1 fully saturated rings. The molecule has 42 heavy (non-hydrogen) atoms. The lowest BCUT2D eigenvalue weighted by atomic mass is 9.87. The lowest BCUT2D eigenvalue weighted by molar-refractivity contribution is 0.308. The van der Waals surface area contributed by atoms with Gasteiger partial charge in [-0.2, -0.15) is 0 Å². The molecule has 3 atom stereocenters. The second kappa shape index (κ2) is 8.79. The molecule has 0 amide bonds. The number of hydrogen-bond donors (Lipinski definition) is 2. The van der Waals surface area contributed by atoms with E-state index in [4.69, 9.17) is 14.5 Å². The number of imidazole rings is 1. The van der Waals surface area contributed by atoms with Crippen molar-refractivity contribution in [2.24, 2.45) is 0 Å². The summed E-state index contributed by atoms with van der Waals surface area (Å²) in [5.74, 6) is 3.60. The summed E-state index contributed by atoms with van der Waals surface area (Å²) in [4.78, 5) is 28.7. The third-order valence-corrected chi connectivity index (χ3v) is 8.55. The van der Waals surface area contributed by atoms with Crippen LogP contribution >= 0.6 is 0 Å². The Balaban J connectivity index is 1.10. The highest BCUT2D eigenvalue weighted by Gasteiger charge is 2.61. The van der Waals surface area contributed by atoms with Crippen LogP contribution in [0.3, 0.4) is 0 Å². The SMILES string of the molecule is Cc1ccc(-c2cc3c(Oc4ccc5c(c4)[C@H]4[C@@H](O5)[C@@H]4c4nc5ccc(C(C)(C)C)cc5[nH]4)ccnc3[nH]c2=O)cc1. The summed E-state index contributed by atoms with van der Waals surface area (Å²) in [5.41, 5.74) is 7.39. The zero-order valence-corrected chi connectivity index (χ0v) is 23.9. The number of aromatic amines is 2. The van der Waals surface area contributed by atoms with Crippen molar-refractivity contribution in [1.29, 1.82) is 0 Å². The second-order valence-electron chi connectivity index (χ2n) is 12.5. The van der Waals surface area contributed by atoms with Crippen molar-refractivity contribution in [3.8, 4) is 28.4 Å².